The second kappa shape index (κ2) is 8.59. The molecule has 0 aliphatic carbocycles. The molecular weight excluding hydrogens is 352 g/mol. The SMILES string of the molecule is O=C(O)CCCCCNC(=O)c1sccc1S(=O)(=O)N1CCCC1. The van der Waals surface area contributed by atoms with Gasteiger partial charge in [0.25, 0.3) is 5.91 Å². The fourth-order valence-electron chi connectivity index (χ4n) is 2.59. The molecule has 0 saturated carbocycles. The Morgan fingerprint density at radius 3 is 2.58 bits per heavy atom. The van der Waals surface area contributed by atoms with Crippen LogP contribution in [0.4, 0.5) is 0 Å². The highest BCUT2D eigenvalue weighted by atomic mass is 32.2. The van der Waals surface area contributed by atoms with E-state index in [1.54, 1.807) is 5.38 Å². The first-order chi connectivity index (χ1) is 11.4. The molecule has 0 bridgehead atoms. The largest absolute Gasteiger partial charge is 0.481 e. The summed E-state index contributed by atoms with van der Waals surface area (Å²) in [7, 11) is -3.60. The summed E-state index contributed by atoms with van der Waals surface area (Å²) >= 11 is 1.12. The quantitative estimate of drug-likeness (QED) is 0.643. The van der Waals surface area contributed by atoms with Crippen LogP contribution in [0.2, 0.25) is 0 Å². The number of amides is 1. The topological polar surface area (TPSA) is 104 Å². The lowest BCUT2D eigenvalue weighted by Gasteiger charge is -2.15. The summed E-state index contributed by atoms with van der Waals surface area (Å²) in [5.41, 5.74) is 0. The number of nitrogens with zero attached hydrogens (tertiary/aromatic N) is 1. The van der Waals surface area contributed by atoms with Crippen molar-refractivity contribution >= 4 is 33.2 Å². The van der Waals surface area contributed by atoms with Crippen LogP contribution in [-0.2, 0) is 14.8 Å². The van der Waals surface area contributed by atoms with Crippen LogP contribution in [0.1, 0.15) is 48.2 Å². The number of rotatable bonds is 9. The molecule has 1 amide bonds. The maximum atomic E-state index is 12.6. The number of nitrogens with one attached hydrogen (secondary N) is 1. The molecule has 2 rings (SSSR count). The van der Waals surface area contributed by atoms with Gasteiger partial charge in [0, 0.05) is 26.1 Å². The zero-order valence-electron chi connectivity index (χ0n) is 13.4. The van der Waals surface area contributed by atoms with Crippen molar-refractivity contribution < 1.29 is 23.1 Å². The van der Waals surface area contributed by atoms with Crippen molar-refractivity contribution in [1.82, 2.24) is 9.62 Å². The van der Waals surface area contributed by atoms with E-state index in [1.807, 2.05) is 0 Å². The maximum Gasteiger partial charge on any atom is 0.303 e. The summed E-state index contributed by atoms with van der Waals surface area (Å²) in [5.74, 6) is -1.21. The number of hydrogen-bond donors (Lipinski definition) is 2. The van der Waals surface area contributed by atoms with Gasteiger partial charge in [0.15, 0.2) is 0 Å². The summed E-state index contributed by atoms with van der Waals surface area (Å²) in [6.07, 6.45) is 3.76. The minimum atomic E-state index is -3.60. The molecule has 134 valence electrons. The van der Waals surface area contributed by atoms with Gasteiger partial charge in [-0.15, -0.1) is 11.3 Å². The third-order valence-electron chi connectivity index (χ3n) is 3.87. The number of hydrogen-bond acceptors (Lipinski definition) is 5. The van der Waals surface area contributed by atoms with Crippen LogP contribution in [0.5, 0.6) is 0 Å². The Bertz CT molecular complexity index is 678. The number of aliphatic carboxylic acids is 1. The molecule has 1 aromatic heterocycles. The molecule has 2 heterocycles. The first-order valence-corrected chi connectivity index (χ1v) is 10.3. The summed E-state index contributed by atoms with van der Waals surface area (Å²) in [6, 6.07) is 1.49. The van der Waals surface area contributed by atoms with Gasteiger partial charge in [-0.3, -0.25) is 9.59 Å². The van der Waals surface area contributed by atoms with E-state index in [0.29, 0.717) is 38.9 Å². The zero-order valence-corrected chi connectivity index (χ0v) is 15.0. The predicted octanol–water partition coefficient (Wildman–Crippen LogP) is 1.91. The van der Waals surface area contributed by atoms with Crippen molar-refractivity contribution in [2.24, 2.45) is 0 Å². The highest BCUT2D eigenvalue weighted by Gasteiger charge is 2.31. The summed E-state index contributed by atoms with van der Waals surface area (Å²) in [4.78, 5) is 23.0. The van der Waals surface area contributed by atoms with E-state index in [-0.39, 0.29) is 22.1 Å². The van der Waals surface area contributed by atoms with E-state index in [4.69, 9.17) is 5.11 Å². The molecule has 0 unspecified atom stereocenters. The molecule has 1 aliphatic rings. The van der Waals surface area contributed by atoms with E-state index >= 15 is 0 Å². The number of carboxylic acids is 1. The van der Waals surface area contributed by atoms with E-state index in [0.717, 1.165) is 24.2 Å². The van der Waals surface area contributed by atoms with E-state index in [9.17, 15) is 18.0 Å². The van der Waals surface area contributed by atoms with Crippen molar-refractivity contribution in [3.8, 4) is 0 Å². The fraction of sp³-hybridized carbons (Fsp3) is 0.600. The molecule has 9 heteroatoms. The molecule has 0 radical (unpaired) electrons. The van der Waals surface area contributed by atoms with Gasteiger partial charge in [-0.1, -0.05) is 6.42 Å². The highest BCUT2D eigenvalue weighted by Crippen LogP contribution is 2.27. The van der Waals surface area contributed by atoms with Gasteiger partial charge in [-0.2, -0.15) is 4.31 Å². The van der Waals surface area contributed by atoms with Crippen molar-refractivity contribution in [3.63, 3.8) is 0 Å². The Kier molecular flexibility index (Phi) is 6.76. The van der Waals surface area contributed by atoms with E-state index in [1.165, 1.54) is 10.4 Å². The zero-order chi connectivity index (χ0) is 17.6. The lowest BCUT2D eigenvalue weighted by molar-refractivity contribution is -0.137. The predicted molar refractivity (Wildman–Crippen MR) is 90.7 cm³/mol. The number of carbonyl (C=O) groups excluding carboxylic acids is 1. The van der Waals surface area contributed by atoms with Gasteiger partial charge < -0.3 is 10.4 Å². The van der Waals surface area contributed by atoms with Gasteiger partial charge in [-0.25, -0.2) is 8.42 Å². The van der Waals surface area contributed by atoms with Crippen LogP contribution in [0, 0.1) is 0 Å². The van der Waals surface area contributed by atoms with Crippen LogP contribution in [0.3, 0.4) is 0 Å². The Morgan fingerprint density at radius 2 is 1.92 bits per heavy atom. The molecule has 1 aliphatic heterocycles. The molecule has 7 nitrogen and oxygen atoms in total. The Balaban J connectivity index is 1.89. The van der Waals surface area contributed by atoms with Gasteiger partial charge >= 0.3 is 5.97 Å². The van der Waals surface area contributed by atoms with Crippen molar-refractivity contribution in [3.05, 3.63) is 16.3 Å². The molecular formula is C15H22N2O5S2. The van der Waals surface area contributed by atoms with Crippen molar-refractivity contribution in [2.45, 2.75) is 43.4 Å². The fourth-order valence-corrected chi connectivity index (χ4v) is 5.43. The first-order valence-electron chi connectivity index (χ1n) is 8.00. The molecule has 0 aromatic carbocycles. The minimum Gasteiger partial charge on any atom is -0.481 e. The minimum absolute atomic E-state index is 0.0813. The monoisotopic (exact) mass is 374 g/mol. The van der Waals surface area contributed by atoms with Crippen LogP contribution in [-0.4, -0.2) is 49.3 Å². The molecule has 1 saturated heterocycles. The Labute approximate surface area is 145 Å². The van der Waals surface area contributed by atoms with Crippen molar-refractivity contribution in [2.75, 3.05) is 19.6 Å². The number of unbranched alkanes of at least 4 members (excludes halogenated alkanes) is 2. The normalized spacial score (nSPS) is 15.5. The third-order valence-corrected chi connectivity index (χ3v) is 6.85. The highest BCUT2D eigenvalue weighted by molar-refractivity contribution is 7.89. The standard InChI is InChI=1S/C15H22N2O5S2/c18-13(19)6-2-1-3-8-16-15(20)14-12(7-11-23-14)24(21,22)17-9-4-5-10-17/h7,11H,1-6,8-10H2,(H,16,20)(H,18,19). The van der Waals surface area contributed by atoms with Crippen LogP contribution in [0.25, 0.3) is 0 Å². The number of thiophene rings is 1. The second-order valence-electron chi connectivity index (χ2n) is 5.69. The first kappa shape index (κ1) is 18.9. The second-order valence-corrected chi connectivity index (χ2v) is 8.51. The van der Waals surface area contributed by atoms with Gasteiger partial charge in [-0.05, 0) is 37.1 Å². The Hall–Kier alpha value is -1.45. The summed E-state index contributed by atoms with van der Waals surface area (Å²) in [6.45, 7) is 1.41. The average molecular weight is 374 g/mol. The van der Waals surface area contributed by atoms with Crippen molar-refractivity contribution in [1.29, 1.82) is 0 Å². The smallest absolute Gasteiger partial charge is 0.303 e. The summed E-state index contributed by atoms with van der Waals surface area (Å²) < 4.78 is 26.6. The van der Waals surface area contributed by atoms with Gasteiger partial charge in [0.05, 0.1) is 0 Å². The molecule has 2 N–H and O–H groups in total. The van der Waals surface area contributed by atoms with E-state index in [2.05, 4.69) is 5.32 Å². The number of carboxylic acid groups (broad SMARTS) is 1. The summed E-state index contributed by atoms with van der Waals surface area (Å²) in [5, 5.41) is 12.9. The molecule has 0 atom stereocenters. The van der Waals surface area contributed by atoms with Gasteiger partial charge in [0.1, 0.15) is 9.77 Å². The van der Waals surface area contributed by atoms with Crippen LogP contribution < -0.4 is 5.32 Å². The molecule has 1 aromatic rings. The lowest BCUT2D eigenvalue weighted by Crippen LogP contribution is -2.30. The maximum absolute atomic E-state index is 12.6. The lowest BCUT2D eigenvalue weighted by atomic mass is 10.2. The molecule has 24 heavy (non-hydrogen) atoms. The van der Waals surface area contributed by atoms with Crippen LogP contribution >= 0.6 is 11.3 Å². The number of carbonyl (C=O) groups is 2. The number of sulfonamides is 1. The third kappa shape index (κ3) is 4.78. The van der Waals surface area contributed by atoms with Crippen LogP contribution in [0.15, 0.2) is 16.3 Å². The average Bonchev–Trinajstić information content (AvgIpc) is 3.21. The Morgan fingerprint density at radius 1 is 1.21 bits per heavy atom. The molecule has 0 spiro atoms. The van der Waals surface area contributed by atoms with Gasteiger partial charge in [0.2, 0.25) is 10.0 Å². The van der Waals surface area contributed by atoms with E-state index < -0.39 is 16.0 Å². The molecule has 1 fully saturated rings.